The molecule has 3 nitrogen and oxygen atoms in total. The maximum Gasteiger partial charge on any atom is 0.0660 e. The van der Waals surface area contributed by atoms with Gasteiger partial charge in [-0.05, 0) is 30.5 Å². The summed E-state index contributed by atoms with van der Waals surface area (Å²) < 4.78 is 1.95. The number of hydrogen-bond donors (Lipinski definition) is 1. The molecule has 1 fully saturated rings. The van der Waals surface area contributed by atoms with Crippen LogP contribution in [-0.4, -0.2) is 15.8 Å². The Balaban J connectivity index is 1.61. The summed E-state index contributed by atoms with van der Waals surface area (Å²) in [6, 6.07) is 8.64. The molecule has 18 heavy (non-hydrogen) atoms. The van der Waals surface area contributed by atoms with Crippen molar-refractivity contribution < 1.29 is 0 Å². The van der Waals surface area contributed by atoms with E-state index in [-0.39, 0.29) is 0 Å². The summed E-state index contributed by atoms with van der Waals surface area (Å²) in [6.07, 6.45) is 6.66. The second kappa shape index (κ2) is 5.12. The van der Waals surface area contributed by atoms with Crippen LogP contribution >= 0.6 is 11.6 Å². The molecule has 4 heteroatoms. The first kappa shape index (κ1) is 11.8. The fourth-order valence-corrected chi connectivity index (χ4v) is 2.17. The summed E-state index contributed by atoms with van der Waals surface area (Å²) >= 11 is 5.97. The molecular formula is C14H16ClN3. The highest BCUT2D eigenvalue weighted by Crippen LogP contribution is 2.19. The van der Waals surface area contributed by atoms with E-state index in [4.69, 9.17) is 11.6 Å². The van der Waals surface area contributed by atoms with Gasteiger partial charge in [0.25, 0.3) is 0 Å². The smallest absolute Gasteiger partial charge is 0.0660 e. The van der Waals surface area contributed by atoms with Gasteiger partial charge >= 0.3 is 0 Å². The normalized spacial score (nSPS) is 14.9. The quantitative estimate of drug-likeness (QED) is 0.897. The molecular weight excluding hydrogens is 246 g/mol. The molecule has 0 aliphatic heterocycles. The Bertz CT molecular complexity index is 531. The minimum atomic E-state index is 0.737. The Morgan fingerprint density at radius 1 is 1.33 bits per heavy atom. The molecule has 2 aromatic rings. The first-order valence-electron chi connectivity index (χ1n) is 6.29. The fourth-order valence-electron chi connectivity index (χ4n) is 1.96. The monoisotopic (exact) mass is 261 g/mol. The minimum absolute atomic E-state index is 0.737. The number of halogens is 1. The molecule has 94 valence electrons. The predicted molar refractivity (Wildman–Crippen MR) is 72.6 cm³/mol. The van der Waals surface area contributed by atoms with E-state index >= 15 is 0 Å². The Morgan fingerprint density at radius 2 is 2.22 bits per heavy atom. The zero-order valence-electron chi connectivity index (χ0n) is 10.1. The van der Waals surface area contributed by atoms with Gasteiger partial charge in [0.2, 0.25) is 0 Å². The Labute approximate surface area is 112 Å². The number of rotatable bonds is 5. The Kier molecular flexibility index (Phi) is 3.35. The van der Waals surface area contributed by atoms with Crippen LogP contribution in [0.4, 0.5) is 0 Å². The SMILES string of the molecule is Clc1cccc(Cn2cc(CNC3CC3)cn2)c1. The standard InChI is InChI=1S/C14H16ClN3/c15-13-3-1-2-11(6-13)9-18-10-12(8-17-18)7-16-14-4-5-14/h1-3,6,8,10,14,16H,4-5,7,9H2. The molecule has 1 aromatic heterocycles. The van der Waals surface area contributed by atoms with Gasteiger partial charge in [0.05, 0.1) is 12.7 Å². The summed E-state index contributed by atoms with van der Waals surface area (Å²) in [4.78, 5) is 0. The molecule has 1 heterocycles. The number of benzene rings is 1. The van der Waals surface area contributed by atoms with Crippen LogP contribution in [0.1, 0.15) is 24.0 Å². The largest absolute Gasteiger partial charge is 0.310 e. The zero-order chi connectivity index (χ0) is 12.4. The lowest BCUT2D eigenvalue weighted by atomic mass is 10.2. The predicted octanol–water partition coefficient (Wildman–Crippen LogP) is 2.84. The summed E-state index contributed by atoms with van der Waals surface area (Å²) in [6.45, 7) is 1.68. The lowest BCUT2D eigenvalue weighted by Gasteiger charge is -2.02. The van der Waals surface area contributed by atoms with Gasteiger partial charge in [-0.3, -0.25) is 4.68 Å². The van der Waals surface area contributed by atoms with E-state index in [1.165, 1.54) is 24.0 Å². The van der Waals surface area contributed by atoms with Gasteiger partial charge in [-0.25, -0.2) is 0 Å². The van der Waals surface area contributed by atoms with E-state index in [2.05, 4.69) is 22.7 Å². The van der Waals surface area contributed by atoms with Gasteiger partial charge in [-0.15, -0.1) is 0 Å². The van der Waals surface area contributed by atoms with Crippen LogP contribution in [0, 0.1) is 0 Å². The molecule has 0 saturated heterocycles. The van der Waals surface area contributed by atoms with Crippen molar-refractivity contribution in [1.82, 2.24) is 15.1 Å². The van der Waals surface area contributed by atoms with Gasteiger partial charge in [0, 0.05) is 29.4 Å². The number of hydrogen-bond acceptors (Lipinski definition) is 2. The van der Waals surface area contributed by atoms with Crippen LogP contribution in [-0.2, 0) is 13.1 Å². The fraction of sp³-hybridized carbons (Fsp3) is 0.357. The van der Waals surface area contributed by atoms with Gasteiger partial charge in [-0.2, -0.15) is 5.10 Å². The summed E-state index contributed by atoms with van der Waals surface area (Å²) in [5, 5.41) is 8.63. The average Bonchev–Trinajstić information content (AvgIpc) is 3.08. The van der Waals surface area contributed by atoms with Crippen molar-refractivity contribution in [2.24, 2.45) is 0 Å². The van der Waals surface area contributed by atoms with Crippen molar-refractivity contribution in [2.45, 2.75) is 32.0 Å². The number of nitrogens with zero attached hydrogens (tertiary/aromatic N) is 2. The van der Waals surface area contributed by atoms with Gasteiger partial charge in [0.1, 0.15) is 0 Å². The summed E-state index contributed by atoms with van der Waals surface area (Å²) in [7, 11) is 0. The van der Waals surface area contributed by atoms with Crippen molar-refractivity contribution in [1.29, 1.82) is 0 Å². The van der Waals surface area contributed by atoms with E-state index in [0.717, 1.165) is 24.2 Å². The second-order valence-corrected chi connectivity index (χ2v) is 5.27. The van der Waals surface area contributed by atoms with Crippen molar-refractivity contribution >= 4 is 11.6 Å². The van der Waals surface area contributed by atoms with Crippen molar-refractivity contribution in [2.75, 3.05) is 0 Å². The summed E-state index contributed by atoms with van der Waals surface area (Å²) in [5.41, 5.74) is 2.41. The Hall–Kier alpha value is -1.32. The first-order valence-corrected chi connectivity index (χ1v) is 6.66. The average molecular weight is 262 g/mol. The summed E-state index contributed by atoms with van der Waals surface area (Å²) in [5.74, 6) is 0. The van der Waals surface area contributed by atoms with Crippen molar-refractivity contribution in [3.05, 3.63) is 52.8 Å². The number of aromatic nitrogens is 2. The first-order chi connectivity index (χ1) is 8.79. The van der Waals surface area contributed by atoms with Gasteiger partial charge in [0.15, 0.2) is 0 Å². The van der Waals surface area contributed by atoms with Crippen molar-refractivity contribution in [3.8, 4) is 0 Å². The highest BCUT2D eigenvalue weighted by Gasteiger charge is 2.20. The second-order valence-electron chi connectivity index (χ2n) is 4.83. The minimum Gasteiger partial charge on any atom is -0.310 e. The van der Waals surface area contributed by atoms with E-state index in [0.29, 0.717) is 0 Å². The lowest BCUT2D eigenvalue weighted by Crippen LogP contribution is -2.14. The Morgan fingerprint density at radius 3 is 3.00 bits per heavy atom. The van der Waals surface area contributed by atoms with Crippen LogP contribution in [0.2, 0.25) is 5.02 Å². The molecule has 0 amide bonds. The lowest BCUT2D eigenvalue weighted by molar-refractivity contribution is 0.675. The van der Waals surface area contributed by atoms with E-state index in [9.17, 15) is 0 Å². The molecule has 1 aromatic carbocycles. The van der Waals surface area contributed by atoms with E-state index < -0.39 is 0 Å². The molecule has 1 aliphatic carbocycles. The van der Waals surface area contributed by atoms with Crippen molar-refractivity contribution in [3.63, 3.8) is 0 Å². The molecule has 3 rings (SSSR count). The highest BCUT2D eigenvalue weighted by atomic mass is 35.5. The van der Waals surface area contributed by atoms with E-state index in [1.54, 1.807) is 0 Å². The van der Waals surface area contributed by atoms with Gasteiger partial charge < -0.3 is 5.32 Å². The molecule has 0 unspecified atom stereocenters. The van der Waals surface area contributed by atoms with Crippen LogP contribution in [0.15, 0.2) is 36.7 Å². The molecule has 1 N–H and O–H groups in total. The topological polar surface area (TPSA) is 29.9 Å². The third-order valence-corrected chi connectivity index (χ3v) is 3.33. The molecule has 1 saturated carbocycles. The van der Waals surface area contributed by atoms with Gasteiger partial charge in [-0.1, -0.05) is 23.7 Å². The maximum atomic E-state index is 5.97. The number of nitrogens with one attached hydrogen (secondary N) is 1. The molecule has 0 radical (unpaired) electrons. The zero-order valence-corrected chi connectivity index (χ0v) is 10.9. The third-order valence-electron chi connectivity index (χ3n) is 3.09. The molecule has 0 atom stereocenters. The van der Waals surface area contributed by atoms with Crippen LogP contribution in [0.3, 0.4) is 0 Å². The van der Waals surface area contributed by atoms with E-state index in [1.807, 2.05) is 29.1 Å². The van der Waals surface area contributed by atoms with Crippen LogP contribution in [0.25, 0.3) is 0 Å². The molecule has 0 bridgehead atoms. The van der Waals surface area contributed by atoms with Crippen LogP contribution in [0.5, 0.6) is 0 Å². The molecule has 0 spiro atoms. The highest BCUT2D eigenvalue weighted by molar-refractivity contribution is 6.30. The maximum absolute atomic E-state index is 5.97. The third kappa shape index (κ3) is 3.12. The molecule has 1 aliphatic rings. The van der Waals surface area contributed by atoms with Crippen LogP contribution < -0.4 is 5.32 Å².